The van der Waals surface area contributed by atoms with Crippen LogP contribution in [-0.2, 0) is 6.61 Å². The van der Waals surface area contributed by atoms with E-state index >= 15 is 0 Å². The van der Waals surface area contributed by atoms with Crippen LogP contribution in [0.3, 0.4) is 0 Å². The summed E-state index contributed by atoms with van der Waals surface area (Å²) in [5.74, 6) is 1.28. The minimum absolute atomic E-state index is 0.0632. The molecule has 2 aromatic heterocycles. The van der Waals surface area contributed by atoms with Gasteiger partial charge in [0, 0.05) is 5.02 Å². The van der Waals surface area contributed by atoms with Gasteiger partial charge in [0.1, 0.15) is 6.61 Å². The molecule has 5 rings (SSSR count). The standard InChI is InChI=1S/C27H23ClN2O3S/c1-4-32-24-13-19(7-10-23(24)33-15-18-5-8-20(28)9-6-18)14-25-26(31)30-22-12-17(3)16(2)11-21(22)29-27(30)34-25/h5-14H,4,15H2,1-3H3/b25-14-. The number of fused-ring (bicyclic) bond motifs is 3. The number of halogens is 1. The lowest BCUT2D eigenvalue weighted by molar-refractivity contribution is 0.269. The highest BCUT2D eigenvalue weighted by atomic mass is 35.5. The summed E-state index contributed by atoms with van der Waals surface area (Å²) in [5, 5.41) is 0.690. The van der Waals surface area contributed by atoms with E-state index in [-0.39, 0.29) is 5.56 Å². The van der Waals surface area contributed by atoms with Crippen LogP contribution in [0, 0.1) is 13.8 Å². The van der Waals surface area contributed by atoms with E-state index in [1.807, 2.05) is 74.5 Å². The molecule has 2 heterocycles. The number of rotatable bonds is 6. The third-order valence-electron chi connectivity index (χ3n) is 5.73. The average Bonchev–Trinajstić information content (AvgIpc) is 3.30. The van der Waals surface area contributed by atoms with Crippen molar-refractivity contribution in [2.24, 2.45) is 0 Å². The van der Waals surface area contributed by atoms with Gasteiger partial charge in [-0.3, -0.25) is 4.79 Å². The second kappa shape index (κ2) is 9.12. The number of aromatic nitrogens is 2. The van der Waals surface area contributed by atoms with E-state index in [1.54, 1.807) is 4.40 Å². The molecule has 0 atom stereocenters. The second-order valence-electron chi connectivity index (χ2n) is 8.13. The van der Waals surface area contributed by atoms with Crippen LogP contribution in [-0.4, -0.2) is 16.0 Å². The van der Waals surface area contributed by atoms with Crippen LogP contribution in [0.1, 0.15) is 29.2 Å². The highest BCUT2D eigenvalue weighted by Gasteiger charge is 2.13. The van der Waals surface area contributed by atoms with Gasteiger partial charge < -0.3 is 9.47 Å². The van der Waals surface area contributed by atoms with E-state index < -0.39 is 0 Å². The summed E-state index contributed by atoms with van der Waals surface area (Å²) < 4.78 is 14.1. The summed E-state index contributed by atoms with van der Waals surface area (Å²) in [5.41, 5.74) is 5.81. The Labute approximate surface area is 205 Å². The number of hydrogen-bond acceptors (Lipinski definition) is 5. The number of imidazole rings is 1. The lowest BCUT2D eigenvalue weighted by Gasteiger charge is -2.12. The Kier molecular flexibility index (Phi) is 6.02. The maximum Gasteiger partial charge on any atom is 0.274 e. The van der Waals surface area contributed by atoms with Crippen molar-refractivity contribution in [1.82, 2.24) is 9.38 Å². The molecule has 0 N–H and O–H groups in total. The van der Waals surface area contributed by atoms with Crippen molar-refractivity contribution in [3.8, 4) is 11.5 Å². The fraction of sp³-hybridized carbons (Fsp3) is 0.185. The lowest BCUT2D eigenvalue weighted by atomic mass is 10.1. The summed E-state index contributed by atoms with van der Waals surface area (Å²) in [6.45, 7) is 6.94. The molecule has 172 valence electrons. The first kappa shape index (κ1) is 22.4. The molecule has 5 aromatic rings. The molecule has 34 heavy (non-hydrogen) atoms. The highest BCUT2D eigenvalue weighted by molar-refractivity contribution is 7.15. The first-order chi connectivity index (χ1) is 16.4. The molecule has 0 fully saturated rings. The first-order valence-electron chi connectivity index (χ1n) is 11.0. The van der Waals surface area contributed by atoms with E-state index in [1.165, 1.54) is 16.9 Å². The predicted molar refractivity (Wildman–Crippen MR) is 138 cm³/mol. The summed E-state index contributed by atoms with van der Waals surface area (Å²) in [6, 6.07) is 17.3. The third kappa shape index (κ3) is 4.27. The maximum absolute atomic E-state index is 13.2. The summed E-state index contributed by atoms with van der Waals surface area (Å²) >= 11 is 7.35. The van der Waals surface area contributed by atoms with Crippen LogP contribution >= 0.6 is 22.9 Å². The molecule has 0 bridgehead atoms. The number of thiazole rings is 1. The fourth-order valence-corrected chi connectivity index (χ4v) is 4.93. The number of benzene rings is 3. The average molecular weight is 491 g/mol. The molecule has 0 saturated carbocycles. The van der Waals surface area contributed by atoms with Crippen molar-refractivity contribution in [1.29, 1.82) is 0 Å². The van der Waals surface area contributed by atoms with Crippen molar-refractivity contribution in [2.75, 3.05) is 6.61 Å². The van der Waals surface area contributed by atoms with Crippen LogP contribution in [0.5, 0.6) is 11.5 Å². The van der Waals surface area contributed by atoms with Crippen molar-refractivity contribution in [3.05, 3.63) is 96.8 Å². The molecule has 7 heteroatoms. The topological polar surface area (TPSA) is 52.8 Å². The monoisotopic (exact) mass is 490 g/mol. The zero-order chi connectivity index (χ0) is 23.8. The Hall–Kier alpha value is -3.35. The molecule has 0 spiro atoms. The number of ether oxygens (including phenoxy) is 2. The zero-order valence-corrected chi connectivity index (χ0v) is 20.7. The Morgan fingerprint density at radius 1 is 1.00 bits per heavy atom. The van der Waals surface area contributed by atoms with E-state index in [9.17, 15) is 4.79 Å². The van der Waals surface area contributed by atoms with Gasteiger partial charge in [0.2, 0.25) is 0 Å². The summed E-state index contributed by atoms with van der Waals surface area (Å²) in [7, 11) is 0. The van der Waals surface area contributed by atoms with Gasteiger partial charge in [0.25, 0.3) is 5.56 Å². The molecule has 0 radical (unpaired) electrons. The predicted octanol–water partition coefficient (Wildman–Crippen LogP) is 5.70. The summed E-state index contributed by atoms with van der Waals surface area (Å²) in [6.07, 6.45) is 1.88. The van der Waals surface area contributed by atoms with Gasteiger partial charge in [0.05, 0.1) is 22.2 Å². The van der Waals surface area contributed by atoms with Gasteiger partial charge in [-0.15, -0.1) is 0 Å². The minimum Gasteiger partial charge on any atom is -0.490 e. The van der Waals surface area contributed by atoms with Crippen LogP contribution in [0.4, 0.5) is 0 Å². The fourth-order valence-electron chi connectivity index (χ4n) is 3.81. The lowest BCUT2D eigenvalue weighted by Crippen LogP contribution is -2.22. The van der Waals surface area contributed by atoms with Crippen molar-refractivity contribution in [3.63, 3.8) is 0 Å². The molecule has 5 nitrogen and oxygen atoms in total. The van der Waals surface area contributed by atoms with Crippen molar-refractivity contribution < 1.29 is 9.47 Å². The van der Waals surface area contributed by atoms with Crippen LogP contribution in [0.2, 0.25) is 5.02 Å². The van der Waals surface area contributed by atoms with Gasteiger partial charge in [0.15, 0.2) is 16.5 Å². The number of aryl methyl sites for hydroxylation is 2. The molecule has 3 aromatic carbocycles. The molecule has 0 amide bonds. The van der Waals surface area contributed by atoms with Crippen molar-refractivity contribution in [2.45, 2.75) is 27.4 Å². The number of nitrogens with zero attached hydrogens (tertiary/aromatic N) is 2. The van der Waals surface area contributed by atoms with E-state index in [4.69, 9.17) is 21.1 Å². The largest absolute Gasteiger partial charge is 0.490 e. The van der Waals surface area contributed by atoms with Crippen LogP contribution < -0.4 is 19.6 Å². The molecule has 0 aliphatic rings. The third-order valence-corrected chi connectivity index (χ3v) is 6.95. The van der Waals surface area contributed by atoms with E-state index in [0.29, 0.717) is 39.2 Å². The smallest absolute Gasteiger partial charge is 0.274 e. The summed E-state index contributed by atoms with van der Waals surface area (Å²) in [4.78, 5) is 18.6. The molecule has 0 aliphatic heterocycles. The maximum atomic E-state index is 13.2. The van der Waals surface area contributed by atoms with Crippen LogP contribution in [0.15, 0.2) is 59.4 Å². The Morgan fingerprint density at radius 3 is 2.53 bits per heavy atom. The molecule has 0 unspecified atom stereocenters. The van der Waals surface area contributed by atoms with Gasteiger partial charge in [-0.05, 0) is 85.5 Å². The van der Waals surface area contributed by atoms with Crippen LogP contribution in [0.25, 0.3) is 22.1 Å². The van der Waals surface area contributed by atoms with Gasteiger partial charge in [-0.2, -0.15) is 0 Å². The van der Waals surface area contributed by atoms with E-state index in [0.717, 1.165) is 27.7 Å². The Balaban J connectivity index is 1.49. The minimum atomic E-state index is -0.0632. The quantitative estimate of drug-likeness (QED) is 0.306. The van der Waals surface area contributed by atoms with E-state index in [2.05, 4.69) is 11.9 Å². The van der Waals surface area contributed by atoms with Gasteiger partial charge >= 0.3 is 0 Å². The zero-order valence-electron chi connectivity index (χ0n) is 19.1. The van der Waals surface area contributed by atoms with Gasteiger partial charge in [-0.1, -0.05) is 41.1 Å². The Bertz CT molecular complexity index is 1620. The Morgan fingerprint density at radius 2 is 1.76 bits per heavy atom. The first-order valence-corrected chi connectivity index (χ1v) is 12.2. The molecular formula is C27H23ClN2O3S. The normalized spacial score (nSPS) is 12.1. The number of hydrogen-bond donors (Lipinski definition) is 0. The molecule has 0 aliphatic carbocycles. The van der Waals surface area contributed by atoms with Gasteiger partial charge in [-0.25, -0.2) is 9.38 Å². The van der Waals surface area contributed by atoms with Crippen molar-refractivity contribution >= 4 is 45.0 Å². The SMILES string of the molecule is CCOc1cc(/C=c2\sc3nc4cc(C)c(C)cc4n3c2=O)ccc1OCc1ccc(Cl)cc1. The highest BCUT2D eigenvalue weighted by Crippen LogP contribution is 2.30. The second-order valence-corrected chi connectivity index (χ2v) is 9.57. The molecule has 0 saturated heterocycles. The molecular weight excluding hydrogens is 468 g/mol.